The van der Waals surface area contributed by atoms with Crippen molar-refractivity contribution in [1.82, 2.24) is 9.79 Å². The molecule has 0 radical (unpaired) electrons. The molecule has 0 aromatic heterocycles. The monoisotopic (exact) mass is 540 g/mol. The molecule has 3 aromatic rings. The Bertz CT molecular complexity index is 1400. The predicted octanol–water partition coefficient (Wildman–Crippen LogP) is 4.31. The second kappa shape index (κ2) is 10.2. The lowest BCUT2D eigenvalue weighted by molar-refractivity contribution is 0.0706. The molecule has 3 aromatic carbocycles. The van der Waals surface area contributed by atoms with Gasteiger partial charge in [-0.25, -0.2) is 49.0 Å². The molecule has 2 N–H and O–H groups in total. The zero-order valence-electron chi connectivity index (χ0n) is 17.4. The molecular weight excluding hydrogens is 528 g/mol. The van der Waals surface area contributed by atoms with Crippen molar-refractivity contribution >= 4 is 15.9 Å². The number of rotatable bonds is 7. The minimum Gasteiger partial charge on any atom is -0.288 e. The van der Waals surface area contributed by atoms with Gasteiger partial charge in [-0.15, -0.1) is 0 Å². The summed E-state index contributed by atoms with van der Waals surface area (Å²) in [5.41, 5.74) is 0.616. The molecule has 3 rings (SSSR count). The molecule has 1 amide bonds. The fraction of sp³-hybridized carbons (Fsp3) is 0.0952. The van der Waals surface area contributed by atoms with E-state index < -0.39 is 86.0 Å². The van der Waals surface area contributed by atoms with Crippen molar-refractivity contribution < 1.29 is 53.5 Å². The van der Waals surface area contributed by atoms with Gasteiger partial charge < -0.3 is 0 Å². The van der Waals surface area contributed by atoms with Gasteiger partial charge in [0.15, 0.2) is 45.6 Å². The first kappa shape index (κ1) is 27.0. The Kier molecular flexibility index (Phi) is 7.66. The average Bonchev–Trinajstić information content (AvgIpc) is 2.84. The van der Waals surface area contributed by atoms with Gasteiger partial charge in [0.2, 0.25) is 15.8 Å². The molecule has 0 aliphatic carbocycles. The van der Waals surface area contributed by atoms with Crippen LogP contribution in [0, 0.1) is 46.5 Å². The quantitative estimate of drug-likeness (QED) is 0.154. The average molecular weight is 540 g/mol. The molecule has 36 heavy (non-hydrogen) atoms. The largest absolute Gasteiger partial charge is 0.288 e. The number of hydrogen-bond donors (Lipinski definition) is 2. The van der Waals surface area contributed by atoms with Crippen molar-refractivity contribution in [2.45, 2.75) is 18.0 Å². The maximum absolute atomic E-state index is 14.3. The summed E-state index contributed by atoms with van der Waals surface area (Å²) in [5.74, 6) is -19.4. The lowest BCUT2D eigenvalue weighted by atomic mass is 10.1. The molecule has 0 aliphatic rings. The molecule has 0 unspecified atom stereocenters. The molecule has 0 bridgehead atoms. The number of benzene rings is 3. The Hall–Kier alpha value is -3.56. The Morgan fingerprint density at radius 3 is 1.64 bits per heavy atom. The van der Waals surface area contributed by atoms with E-state index in [-0.39, 0.29) is 15.4 Å². The fourth-order valence-corrected chi connectivity index (χ4v) is 4.63. The number of halogens is 8. The third kappa shape index (κ3) is 5.03. The van der Waals surface area contributed by atoms with Crippen molar-refractivity contribution in [1.29, 1.82) is 0 Å². The first-order valence-electron chi connectivity index (χ1n) is 9.48. The molecular formula is C21H12F8N2O4S. The van der Waals surface area contributed by atoms with Crippen LogP contribution in [0.25, 0.3) is 0 Å². The highest BCUT2D eigenvalue weighted by Gasteiger charge is 2.37. The van der Waals surface area contributed by atoms with Crippen molar-refractivity contribution in [3.05, 3.63) is 99.6 Å². The van der Waals surface area contributed by atoms with Crippen LogP contribution in [-0.4, -0.2) is 23.8 Å². The Morgan fingerprint density at radius 2 is 1.17 bits per heavy atom. The Balaban J connectivity index is 2.15. The van der Waals surface area contributed by atoms with Crippen LogP contribution < -0.4 is 5.48 Å². The van der Waals surface area contributed by atoms with Crippen LogP contribution in [0.4, 0.5) is 35.1 Å². The van der Waals surface area contributed by atoms with Gasteiger partial charge in [-0.3, -0.25) is 10.0 Å². The number of hydroxylamine groups is 1. The maximum atomic E-state index is 14.3. The smallest absolute Gasteiger partial charge is 0.274 e. The second-order valence-corrected chi connectivity index (χ2v) is 9.06. The Labute approximate surface area is 197 Å². The van der Waals surface area contributed by atoms with E-state index in [0.29, 0.717) is 12.1 Å². The third-order valence-electron chi connectivity index (χ3n) is 4.85. The number of amides is 1. The van der Waals surface area contributed by atoms with Crippen LogP contribution in [0.15, 0.2) is 41.3 Å². The number of carbonyl (C=O) groups excluding carboxylic acids is 1. The SMILES string of the molecule is O=C(NO)c1ccc(CN(Cc2cc(F)c(F)c(F)c2)S(=O)(=O)c2c(F)c(F)c(F)c(F)c2F)cc1. The van der Waals surface area contributed by atoms with Gasteiger partial charge in [0.05, 0.1) is 0 Å². The van der Waals surface area contributed by atoms with Crippen molar-refractivity contribution in [2.24, 2.45) is 0 Å². The molecule has 0 heterocycles. The fourth-order valence-electron chi connectivity index (χ4n) is 3.10. The molecule has 0 fully saturated rings. The standard InChI is InChI=1S/C21H12F8N2O4S/c22-12-5-10(6-13(23)14(12)24)8-31(7-9-1-3-11(4-2-9)21(32)30-33)36(34,35)20-18(28)16(26)15(25)17(27)19(20)29/h1-6,33H,7-8H2,(H,30,32). The molecule has 0 spiro atoms. The summed E-state index contributed by atoms with van der Waals surface area (Å²) in [5, 5.41) is 8.65. The van der Waals surface area contributed by atoms with Crippen LogP contribution in [0.5, 0.6) is 0 Å². The zero-order chi connectivity index (χ0) is 26.9. The van der Waals surface area contributed by atoms with E-state index >= 15 is 0 Å². The van der Waals surface area contributed by atoms with Gasteiger partial charge in [-0.2, -0.15) is 4.31 Å². The van der Waals surface area contributed by atoms with Gasteiger partial charge in [-0.05, 0) is 35.4 Å². The summed E-state index contributed by atoms with van der Waals surface area (Å²) in [6, 6.07) is 5.12. The lowest BCUT2D eigenvalue weighted by Crippen LogP contribution is -2.32. The van der Waals surface area contributed by atoms with Gasteiger partial charge in [0.1, 0.15) is 0 Å². The molecule has 0 saturated carbocycles. The summed E-state index contributed by atoms with van der Waals surface area (Å²) in [7, 11) is -5.61. The van der Waals surface area contributed by atoms with Crippen molar-refractivity contribution in [3.8, 4) is 0 Å². The highest BCUT2D eigenvalue weighted by atomic mass is 32.2. The van der Waals surface area contributed by atoms with Crippen molar-refractivity contribution in [2.75, 3.05) is 0 Å². The summed E-state index contributed by atoms with van der Waals surface area (Å²) >= 11 is 0. The highest BCUT2D eigenvalue weighted by Crippen LogP contribution is 2.31. The van der Waals surface area contributed by atoms with Crippen LogP contribution >= 0.6 is 0 Å². The molecule has 192 valence electrons. The first-order chi connectivity index (χ1) is 16.8. The molecule has 0 aliphatic heterocycles. The summed E-state index contributed by atoms with van der Waals surface area (Å²) in [6.07, 6.45) is 0. The molecule has 15 heteroatoms. The topological polar surface area (TPSA) is 86.7 Å². The van der Waals surface area contributed by atoms with Crippen LogP contribution in [-0.2, 0) is 23.1 Å². The van der Waals surface area contributed by atoms with Gasteiger partial charge >= 0.3 is 0 Å². The normalized spacial score (nSPS) is 11.7. The van der Waals surface area contributed by atoms with Gasteiger partial charge in [0.25, 0.3) is 5.91 Å². The van der Waals surface area contributed by atoms with E-state index in [9.17, 15) is 48.3 Å². The molecule has 0 saturated heterocycles. The molecule has 6 nitrogen and oxygen atoms in total. The van der Waals surface area contributed by atoms with E-state index in [1.165, 1.54) is 5.48 Å². The maximum Gasteiger partial charge on any atom is 0.274 e. The minimum absolute atomic E-state index is 0.0278. The zero-order valence-corrected chi connectivity index (χ0v) is 18.2. The summed E-state index contributed by atoms with van der Waals surface area (Å²) < 4.78 is 136. The predicted molar refractivity (Wildman–Crippen MR) is 105 cm³/mol. The first-order valence-corrected chi connectivity index (χ1v) is 10.9. The Morgan fingerprint density at radius 1 is 0.722 bits per heavy atom. The van der Waals surface area contributed by atoms with Crippen molar-refractivity contribution in [3.63, 3.8) is 0 Å². The highest BCUT2D eigenvalue weighted by molar-refractivity contribution is 7.89. The van der Waals surface area contributed by atoms with Crippen LogP contribution in [0.1, 0.15) is 21.5 Å². The number of nitrogens with zero attached hydrogens (tertiary/aromatic N) is 1. The van der Waals surface area contributed by atoms with Gasteiger partial charge in [0, 0.05) is 18.7 Å². The number of carbonyl (C=O) groups is 1. The second-order valence-electron chi connectivity index (χ2n) is 7.18. The number of hydrogen-bond acceptors (Lipinski definition) is 4. The van der Waals surface area contributed by atoms with E-state index in [0.717, 1.165) is 24.3 Å². The van der Waals surface area contributed by atoms with E-state index in [2.05, 4.69) is 0 Å². The number of nitrogens with one attached hydrogen (secondary N) is 1. The van der Waals surface area contributed by atoms with E-state index in [1.807, 2.05) is 0 Å². The number of sulfonamides is 1. The summed E-state index contributed by atoms with van der Waals surface area (Å²) in [4.78, 5) is 9.21. The third-order valence-corrected chi connectivity index (χ3v) is 6.66. The summed E-state index contributed by atoms with van der Waals surface area (Å²) in [6.45, 7) is -1.97. The van der Waals surface area contributed by atoms with E-state index in [1.54, 1.807) is 0 Å². The lowest BCUT2D eigenvalue weighted by Gasteiger charge is -2.23. The van der Waals surface area contributed by atoms with E-state index in [4.69, 9.17) is 5.21 Å². The molecule has 0 atom stereocenters. The van der Waals surface area contributed by atoms with Crippen LogP contribution in [0.2, 0.25) is 0 Å². The van der Waals surface area contributed by atoms with Gasteiger partial charge in [-0.1, -0.05) is 12.1 Å². The van der Waals surface area contributed by atoms with Crippen LogP contribution in [0.3, 0.4) is 0 Å². The minimum atomic E-state index is -5.61.